The summed E-state index contributed by atoms with van der Waals surface area (Å²) in [6, 6.07) is 7.75. The molecule has 0 amide bonds. The molecular formula is C18H26ClN5. The van der Waals surface area contributed by atoms with Crippen molar-refractivity contribution in [2.45, 2.75) is 40.4 Å². The van der Waals surface area contributed by atoms with Gasteiger partial charge in [0.25, 0.3) is 0 Å². The highest BCUT2D eigenvalue weighted by Crippen LogP contribution is 2.10. The van der Waals surface area contributed by atoms with Crippen LogP contribution in [0.3, 0.4) is 0 Å². The number of benzene rings is 1. The van der Waals surface area contributed by atoms with Crippen molar-refractivity contribution in [1.82, 2.24) is 20.2 Å². The van der Waals surface area contributed by atoms with Gasteiger partial charge in [-0.2, -0.15) is 0 Å². The summed E-state index contributed by atoms with van der Waals surface area (Å²) in [6.07, 6.45) is 3.87. The van der Waals surface area contributed by atoms with Crippen LogP contribution in [0.15, 0.2) is 41.7 Å². The maximum atomic E-state index is 5.91. The van der Waals surface area contributed by atoms with Gasteiger partial charge in [0.1, 0.15) is 5.82 Å². The number of halogens is 1. The molecule has 0 spiro atoms. The van der Waals surface area contributed by atoms with Gasteiger partial charge in [-0.15, -0.1) is 0 Å². The Morgan fingerprint density at radius 2 is 2.00 bits per heavy atom. The van der Waals surface area contributed by atoms with E-state index in [2.05, 4.69) is 45.9 Å². The quantitative estimate of drug-likeness (QED) is 0.596. The van der Waals surface area contributed by atoms with Crippen LogP contribution in [0, 0.1) is 5.92 Å². The summed E-state index contributed by atoms with van der Waals surface area (Å²) in [5, 5.41) is 7.35. The lowest BCUT2D eigenvalue weighted by Gasteiger charge is -2.13. The number of hydrogen-bond acceptors (Lipinski definition) is 2. The second-order valence-electron chi connectivity index (χ2n) is 6.06. The van der Waals surface area contributed by atoms with E-state index in [9.17, 15) is 0 Å². The first-order chi connectivity index (χ1) is 11.6. The molecular weight excluding hydrogens is 322 g/mol. The van der Waals surface area contributed by atoms with Crippen molar-refractivity contribution >= 4 is 17.6 Å². The van der Waals surface area contributed by atoms with Crippen LogP contribution in [0.4, 0.5) is 0 Å². The van der Waals surface area contributed by atoms with Gasteiger partial charge in [-0.05, 0) is 30.5 Å². The first-order valence-electron chi connectivity index (χ1n) is 8.35. The fraction of sp³-hybridized carbons (Fsp3) is 0.444. The van der Waals surface area contributed by atoms with E-state index < -0.39 is 0 Å². The highest BCUT2D eigenvalue weighted by atomic mass is 35.5. The predicted octanol–water partition coefficient (Wildman–Crippen LogP) is 3.45. The van der Waals surface area contributed by atoms with Crippen LogP contribution >= 0.6 is 11.6 Å². The molecule has 0 saturated heterocycles. The van der Waals surface area contributed by atoms with E-state index in [1.165, 1.54) is 0 Å². The molecule has 2 aromatic rings. The van der Waals surface area contributed by atoms with Gasteiger partial charge < -0.3 is 15.2 Å². The van der Waals surface area contributed by atoms with Gasteiger partial charge in [-0.3, -0.25) is 0 Å². The lowest BCUT2D eigenvalue weighted by Crippen LogP contribution is -2.37. The van der Waals surface area contributed by atoms with Crippen LogP contribution in [-0.4, -0.2) is 22.1 Å². The molecule has 24 heavy (non-hydrogen) atoms. The zero-order chi connectivity index (χ0) is 17.4. The first-order valence-corrected chi connectivity index (χ1v) is 8.73. The molecule has 2 rings (SSSR count). The Balaban J connectivity index is 1.96. The van der Waals surface area contributed by atoms with Gasteiger partial charge >= 0.3 is 0 Å². The Labute approximate surface area is 149 Å². The smallest absolute Gasteiger partial charge is 0.191 e. The summed E-state index contributed by atoms with van der Waals surface area (Å²) in [5.74, 6) is 2.39. The number of nitrogens with zero attached hydrogens (tertiary/aromatic N) is 3. The van der Waals surface area contributed by atoms with E-state index in [1.807, 2.05) is 36.7 Å². The number of aliphatic imine (C=N–C) groups is 1. The van der Waals surface area contributed by atoms with Crippen LogP contribution in [-0.2, 0) is 19.6 Å². The second kappa shape index (κ2) is 9.33. The summed E-state index contributed by atoms with van der Waals surface area (Å²) in [5.41, 5.74) is 1.12. The Morgan fingerprint density at radius 1 is 1.25 bits per heavy atom. The van der Waals surface area contributed by atoms with Gasteiger partial charge in [0.15, 0.2) is 5.96 Å². The van der Waals surface area contributed by atoms with Crippen LogP contribution in [0.25, 0.3) is 0 Å². The summed E-state index contributed by atoms with van der Waals surface area (Å²) in [6.45, 7) is 9.49. The van der Waals surface area contributed by atoms with E-state index in [4.69, 9.17) is 11.6 Å². The van der Waals surface area contributed by atoms with Crippen molar-refractivity contribution in [3.63, 3.8) is 0 Å². The molecule has 0 bridgehead atoms. The normalized spacial score (nSPS) is 11.8. The molecule has 5 nitrogen and oxygen atoms in total. The summed E-state index contributed by atoms with van der Waals surface area (Å²) < 4.78 is 2.18. The molecule has 1 heterocycles. The monoisotopic (exact) mass is 347 g/mol. The minimum absolute atomic E-state index is 0.588. The summed E-state index contributed by atoms with van der Waals surface area (Å²) >= 11 is 5.91. The number of rotatable bonds is 7. The SMILES string of the molecule is CCNC(=NCc1ccc(Cl)cc1)NCc1nccn1CC(C)C. The molecule has 0 unspecified atom stereocenters. The molecule has 0 aliphatic carbocycles. The zero-order valence-electron chi connectivity index (χ0n) is 14.6. The maximum Gasteiger partial charge on any atom is 0.191 e. The molecule has 6 heteroatoms. The number of hydrogen-bond donors (Lipinski definition) is 2. The molecule has 0 fully saturated rings. The number of imidazole rings is 1. The van der Waals surface area contributed by atoms with Crippen molar-refractivity contribution in [2.75, 3.05) is 6.54 Å². The first kappa shape index (κ1) is 18.3. The standard InChI is InChI=1S/C18H26ClN5/c1-4-20-18(22-11-15-5-7-16(19)8-6-15)23-12-17-21-9-10-24(17)13-14(2)3/h5-10,14H,4,11-13H2,1-3H3,(H2,20,22,23). The Morgan fingerprint density at radius 3 is 2.67 bits per heavy atom. The molecule has 1 aromatic carbocycles. The van der Waals surface area contributed by atoms with Crippen LogP contribution in [0.2, 0.25) is 5.02 Å². The predicted molar refractivity (Wildman–Crippen MR) is 100 cm³/mol. The van der Waals surface area contributed by atoms with Crippen molar-refractivity contribution in [2.24, 2.45) is 10.9 Å². The maximum absolute atomic E-state index is 5.91. The van der Waals surface area contributed by atoms with Gasteiger partial charge in [0.05, 0.1) is 13.1 Å². The third-order valence-corrected chi connectivity index (χ3v) is 3.71. The highest BCUT2D eigenvalue weighted by Gasteiger charge is 2.06. The largest absolute Gasteiger partial charge is 0.357 e. The van der Waals surface area contributed by atoms with Gasteiger partial charge in [0, 0.05) is 30.5 Å². The molecule has 0 radical (unpaired) electrons. The van der Waals surface area contributed by atoms with E-state index in [0.717, 1.165) is 35.5 Å². The minimum atomic E-state index is 0.588. The fourth-order valence-corrected chi connectivity index (χ4v) is 2.46. The molecule has 0 atom stereocenters. The summed E-state index contributed by atoms with van der Waals surface area (Å²) in [4.78, 5) is 9.05. The number of aromatic nitrogens is 2. The van der Waals surface area contributed by atoms with Crippen LogP contribution < -0.4 is 10.6 Å². The van der Waals surface area contributed by atoms with E-state index >= 15 is 0 Å². The average Bonchev–Trinajstić information content (AvgIpc) is 2.98. The Hall–Kier alpha value is -2.01. The Bertz CT molecular complexity index is 646. The Kier molecular flexibility index (Phi) is 7.12. The van der Waals surface area contributed by atoms with Gasteiger partial charge in [-0.1, -0.05) is 37.6 Å². The topological polar surface area (TPSA) is 54.2 Å². The molecule has 0 aliphatic rings. The molecule has 2 N–H and O–H groups in total. The average molecular weight is 348 g/mol. The third kappa shape index (κ3) is 5.89. The van der Waals surface area contributed by atoms with Crippen LogP contribution in [0.5, 0.6) is 0 Å². The zero-order valence-corrected chi connectivity index (χ0v) is 15.3. The molecule has 130 valence electrons. The molecule has 1 aromatic heterocycles. The summed E-state index contributed by atoms with van der Waals surface area (Å²) in [7, 11) is 0. The third-order valence-electron chi connectivity index (χ3n) is 3.45. The van der Waals surface area contributed by atoms with E-state index in [1.54, 1.807) is 0 Å². The molecule has 0 saturated carbocycles. The molecule has 0 aliphatic heterocycles. The van der Waals surface area contributed by atoms with Crippen molar-refractivity contribution in [1.29, 1.82) is 0 Å². The van der Waals surface area contributed by atoms with Crippen LogP contribution in [0.1, 0.15) is 32.2 Å². The van der Waals surface area contributed by atoms with Crippen molar-refractivity contribution in [3.8, 4) is 0 Å². The minimum Gasteiger partial charge on any atom is -0.357 e. The van der Waals surface area contributed by atoms with Crippen molar-refractivity contribution < 1.29 is 0 Å². The van der Waals surface area contributed by atoms with Gasteiger partial charge in [0.2, 0.25) is 0 Å². The van der Waals surface area contributed by atoms with E-state index in [-0.39, 0.29) is 0 Å². The number of nitrogens with one attached hydrogen (secondary N) is 2. The van der Waals surface area contributed by atoms with E-state index in [0.29, 0.717) is 19.0 Å². The number of guanidine groups is 1. The lowest BCUT2D eigenvalue weighted by molar-refractivity contribution is 0.503. The second-order valence-corrected chi connectivity index (χ2v) is 6.50. The van der Waals surface area contributed by atoms with Gasteiger partial charge in [-0.25, -0.2) is 9.98 Å². The van der Waals surface area contributed by atoms with Crippen molar-refractivity contribution in [3.05, 3.63) is 53.1 Å². The highest BCUT2D eigenvalue weighted by molar-refractivity contribution is 6.30. The fourth-order valence-electron chi connectivity index (χ4n) is 2.33. The lowest BCUT2D eigenvalue weighted by atomic mass is 10.2.